The van der Waals surface area contributed by atoms with Crippen molar-refractivity contribution in [3.05, 3.63) is 23.0 Å². The van der Waals surface area contributed by atoms with E-state index in [1.807, 2.05) is 6.07 Å². The number of hydrogen-bond acceptors (Lipinski definition) is 1. The molecule has 0 spiro atoms. The molecule has 1 aromatic rings. The summed E-state index contributed by atoms with van der Waals surface area (Å²) in [7, 11) is 0. The molecule has 46 valence electrons. The fraction of sp³-hybridized carbons (Fsp3) is 0.167. The summed E-state index contributed by atoms with van der Waals surface area (Å²) < 4.78 is 0. The number of H-pyrrole nitrogens is 1. The lowest BCUT2D eigenvalue weighted by molar-refractivity contribution is 1.26. The van der Waals surface area contributed by atoms with Crippen molar-refractivity contribution in [3.8, 4) is 6.07 Å². The third-order valence-electron chi connectivity index (χ3n) is 1.05. The molecule has 0 atom stereocenters. The van der Waals surface area contributed by atoms with E-state index in [1.54, 1.807) is 12.3 Å². The summed E-state index contributed by atoms with van der Waals surface area (Å²) in [6, 6.07) is 3.80. The molecule has 3 heteroatoms. The number of halogens is 1. The maximum atomic E-state index is 8.24. The van der Waals surface area contributed by atoms with Crippen molar-refractivity contribution in [1.29, 1.82) is 5.26 Å². The fourth-order valence-electron chi connectivity index (χ4n) is 0.603. The smallest absolute Gasteiger partial charge is 0.110 e. The second kappa shape index (κ2) is 2.56. The van der Waals surface area contributed by atoms with Crippen molar-refractivity contribution in [1.82, 2.24) is 4.98 Å². The molecule has 0 saturated heterocycles. The number of nitriles is 1. The van der Waals surface area contributed by atoms with Gasteiger partial charge in [-0.05, 0) is 6.07 Å². The molecule has 0 aliphatic heterocycles. The molecule has 1 heterocycles. The Labute approximate surface area is 58.1 Å². The van der Waals surface area contributed by atoms with Crippen LogP contribution in [-0.2, 0) is 6.42 Å². The molecule has 1 N–H and O–H groups in total. The first-order chi connectivity index (χ1) is 4.34. The zero-order valence-electron chi connectivity index (χ0n) is 4.69. The van der Waals surface area contributed by atoms with Crippen LogP contribution in [0.5, 0.6) is 0 Å². The first-order valence-electron chi connectivity index (χ1n) is 2.53. The van der Waals surface area contributed by atoms with Gasteiger partial charge >= 0.3 is 0 Å². The molecule has 0 aromatic carbocycles. The van der Waals surface area contributed by atoms with E-state index in [0.29, 0.717) is 11.6 Å². The van der Waals surface area contributed by atoms with Gasteiger partial charge < -0.3 is 4.98 Å². The van der Waals surface area contributed by atoms with E-state index in [9.17, 15) is 0 Å². The van der Waals surface area contributed by atoms with Gasteiger partial charge in [0.25, 0.3) is 0 Å². The highest BCUT2D eigenvalue weighted by molar-refractivity contribution is 6.30. The Morgan fingerprint density at radius 2 is 2.56 bits per heavy atom. The molecular weight excluding hydrogens is 136 g/mol. The minimum atomic E-state index is 0.377. The Bertz CT molecular complexity index is 233. The molecule has 0 fully saturated rings. The Balaban J connectivity index is 2.84. The van der Waals surface area contributed by atoms with Gasteiger partial charge in [-0.15, -0.1) is 0 Å². The Kier molecular flexibility index (Phi) is 1.76. The summed E-state index contributed by atoms with van der Waals surface area (Å²) in [5.74, 6) is 0. The maximum Gasteiger partial charge on any atom is 0.110 e. The average molecular weight is 141 g/mol. The van der Waals surface area contributed by atoms with Crippen LogP contribution < -0.4 is 0 Å². The summed E-state index contributed by atoms with van der Waals surface area (Å²) in [5.41, 5.74) is 0.860. The normalized spacial score (nSPS) is 8.89. The van der Waals surface area contributed by atoms with Crippen LogP contribution in [0, 0.1) is 11.3 Å². The van der Waals surface area contributed by atoms with Crippen LogP contribution in [0.15, 0.2) is 12.3 Å². The summed E-state index contributed by atoms with van der Waals surface area (Å²) in [4.78, 5) is 2.77. The summed E-state index contributed by atoms with van der Waals surface area (Å²) in [5, 5.41) is 8.81. The molecule has 0 aliphatic carbocycles. The number of hydrogen-bond donors (Lipinski definition) is 1. The number of aromatic nitrogens is 1. The quantitative estimate of drug-likeness (QED) is 0.634. The van der Waals surface area contributed by atoms with Gasteiger partial charge in [0.15, 0.2) is 0 Å². The molecular formula is C6H5ClN2. The zero-order chi connectivity index (χ0) is 6.69. The zero-order valence-corrected chi connectivity index (χ0v) is 5.44. The van der Waals surface area contributed by atoms with Gasteiger partial charge in [0, 0.05) is 11.8 Å². The lowest BCUT2D eigenvalue weighted by Gasteiger charge is -1.84. The molecule has 2 nitrogen and oxygen atoms in total. The first kappa shape index (κ1) is 6.18. The highest BCUT2D eigenvalue weighted by Gasteiger charge is 1.96. The molecule has 0 bridgehead atoms. The van der Waals surface area contributed by atoms with Crippen LogP contribution in [0.25, 0.3) is 0 Å². The maximum absolute atomic E-state index is 8.24. The number of rotatable bonds is 1. The van der Waals surface area contributed by atoms with Gasteiger partial charge in [0.05, 0.1) is 12.5 Å². The second-order valence-electron chi connectivity index (χ2n) is 1.65. The van der Waals surface area contributed by atoms with Crippen molar-refractivity contribution >= 4 is 11.6 Å². The van der Waals surface area contributed by atoms with Gasteiger partial charge in [-0.3, -0.25) is 0 Å². The van der Waals surface area contributed by atoms with Crippen LogP contribution >= 0.6 is 11.6 Å². The highest BCUT2D eigenvalue weighted by Crippen LogP contribution is 2.12. The second-order valence-corrected chi connectivity index (χ2v) is 2.03. The topological polar surface area (TPSA) is 39.6 Å². The number of nitrogens with zero attached hydrogens (tertiary/aromatic N) is 1. The van der Waals surface area contributed by atoms with Crippen LogP contribution in [0.1, 0.15) is 5.56 Å². The van der Waals surface area contributed by atoms with E-state index >= 15 is 0 Å². The van der Waals surface area contributed by atoms with Crippen LogP contribution in [0.2, 0.25) is 5.15 Å². The van der Waals surface area contributed by atoms with Crippen molar-refractivity contribution in [3.63, 3.8) is 0 Å². The Morgan fingerprint density at radius 1 is 1.78 bits per heavy atom. The summed E-state index contributed by atoms with van der Waals surface area (Å²) in [6.45, 7) is 0. The number of aromatic amines is 1. The molecule has 9 heavy (non-hydrogen) atoms. The minimum Gasteiger partial charge on any atom is -0.352 e. The third kappa shape index (κ3) is 1.24. The van der Waals surface area contributed by atoms with Crippen molar-refractivity contribution < 1.29 is 0 Å². The van der Waals surface area contributed by atoms with E-state index in [0.717, 1.165) is 5.56 Å². The molecule has 0 unspecified atom stereocenters. The van der Waals surface area contributed by atoms with Gasteiger partial charge in [-0.1, -0.05) is 11.6 Å². The van der Waals surface area contributed by atoms with E-state index in [2.05, 4.69) is 4.98 Å². The average Bonchev–Trinajstić information content (AvgIpc) is 2.18. The molecule has 0 amide bonds. The lowest BCUT2D eigenvalue weighted by Crippen LogP contribution is -1.75. The van der Waals surface area contributed by atoms with Gasteiger partial charge in [-0.2, -0.15) is 5.26 Å². The molecule has 1 aromatic heterocycles. The molecule has 1 rings (SSSR count). The molecule has 0 aliphatic rings. The largest absolute Gasteiger partial charge is 0.352 e. The van der Waals surface area contributed by atoms with Gasteiger partial charge in [0.2, 0.25) is 0 Å². The molecule has 0 saturated carbocycles. The lowest BCUT2D eigenvalue weighted by atomic mass is 10.3. The summed E-state index contributed by atoms with van der Waals surface area (Å²) >= 11 is 5.61. The van der Waals surface area contributed by atoms with E-state index in [4.69, 9.17) is 16.9 Å². The Morgan fingerprint density at radius 3 is 3.00 bits per heavy atom. The standard InChI is InChI=1S/C6H5ClN2/c7-6-5(1-3-8)2-4-9-6/h2,4,9H,1H2. The highest BCUT2D eigenvalue weighted by atomic mass is 35.5. The van der Waals surface area contributed by atoms with Crippen LogP contribution in [0.4, 0.5) is 0 Å². The predicted octanol–water partition coefficient (Wildman–Crippen LogP) is 1.73. The van der Waals surface area contributed by atoms with Gasteiger partial charge in [-0.25, -0.2) is 0 Å². The van der Waals surface area contributed by atoms with Crippen molar-refractivity contribution in [2.75, 3.05) is 0 Å². The van der Waals surface area contributed by atoms with E-state index in [-0.39, 0.29) is 0 Å². The molecule has 0 radical (unpaired) electrons. The van der Waals surface area contributed by atoms with Crippen LogP contribution in [0.3, 0.4) is 0 Å². The van der Waals surface area contributed by atoms with Crippen molar-refractivity contribution in [2.45, 2.75) is 6.42 Å². The van der Waals surface area contributed by atoms with Crippen LogP contribution in [-0.4, -0.2) is 4.98 Å². The fourth-order valence-corrected chi connectivity index (χ4v) is 0.796. The predicted molar refractivity (Wildman–Crippen MR) is 35.1 cm³/mol. The van der Waals surface area contributed by atoms with Crippen molar-refractivity contribution in [2.24, 2.45) is 0 Å². The first-order valence-corrected chi connectivity index (χ1v) is 2.91. The Hall–Kier alpha value is -0.940. The van der Waals surface area contributed by atoms with Gasteiger partial charge in [0.1, 0.15) is 5.15 Å². The third-order valence-corrected chi connectivity index (χ3v) is 1.40. The minimum absolute atomic E-state index is 0.377. The summed E-state index contributed by atoms with van der Waals surface area (Å²) in [6.07, 6.45) is 2.09. The van der Waals surface area contributed by atoms with E-state index < -0.39 is 0 Å². The van der Waals surface area contributed by atoms with E-state index in [1.165, 1.54) is 0 Å². The number of nitrogens with one attached hydrogen (secondary N) is 1. The SMILES string of the molecule is N#CCc1cc[nH]c1Cl. The monoisotopic (exact) mass is 140 g/mol.